The van der Waals surface area contributed by atoms with Crippen molar-refractivity contribution in [3.05, 3.63) is 124 Å². The number of methoxy groups -OCH3 is 2. The van der Waals surface area contributed by atoms with Crippen LogP contribution in [0, 0.1) is 0 Å². The molecule has 36 heavy (non-hydrogen) atoms. The summed E-state index contributed by atoms with van der Waals surface area (Å²) in [5.41, 5.74) is 0.605. The molecule has 0 amide bonds. The smallest absolute Gasteiger partial charge is 0.198 e. The predicted octanol–water partition coefficient (Wildman–Crippen LogP) is 5.93. The monoisotopic (exact) mass is 500 g/mol. The van der Waals surface area contributed by atoms with Crippen LogP contribution in [0.3, 0.4) is 0 Å². The molecular weight excluding hydrogens is 480 g/mol. The van der Waals surface area contributed by atoms with Gasteiger partial charge in [-0.1, -0.05) is 54.6 Å². The summed E-state index contributed by atoms with van der Waals surface area (Å²) in [7, 11) is 2.90. The summed E-state index contributed by atoms with van der Waals surface area (Å²) in [5, 5.41) is 0. The Morgan fingerprint density at radius 1 is 0.500 bits per heavy atom. The predicted molar refractivity (Wildman–Crippen MR) is 136 cm³/mol. The first-order valence-corrected chi connectivity index (χ1v) is 11.2. The number of carbonyl (C=O) groups is 3. The molecule has 0 aliphatic heterocycles. The minimum absolute atomic E-state index is 0.0211. The van der Waals surface area contributed by atoms with Gasteiger partial charge >= 0.3 is 0 Å². The number of para-hydroxylation sites is 3. The maximum Gasteiger partial charge on any atom is 0.198 e. The Bertz CT molecular complexity index is 1380. The van der Waals surface area contributed by atoms with Crippen LogP contribution in [0.15, 0.2) is 91.0 Å². The molecule has 0 radical (unpaired) electrons. The maximum atomic E-state index is 14.0. The van der Waals surface area contributed by atoms with Crippen molar-refractivity contribution < 1.29 is 28.1 Å². The first-order valence-electron chi connectivity index (χ1n) is 10.9. The van der Waals surface area contributed by atoms with E-state index >= 15 is 0 Å². The van der Waals surface area contributed by atoms with Crippen LogP contribution < -0.4 is 13.8 Å². The Labute approximate surface area is 213 Å². The number of ether oxygens (including phenoxy) is 2. The molecule has 0 N–H and O–H groups in total. The lowest BCUT2D eigenvalue weighted by atomic mass is 9.86. The number of hydrogen-bond acceptors (Lipinski definition) is 6. The Hall–Kier alpha value is -4.42. The number of carbonyl (C=O) groups excluding carboxylic acids is 3. The SMILES string of the molecule is COc1ccccc1C(=O)c1cccc(C(=O)c2ccccc2OCl)c1C(=O)c1ccccc1OC. The maximum absolute atomic E-state index is 14.0. The molecule has 180 valence electrons. The Kier molecular flexibility index (Phi) is 7.47. The summed E-state index contributed by atoms with van der Waals surface area (Å²) in [6.45, 7) is 0. The van der Waals surface area contributed by atoms with Gasteiger partial charge in [-0.3, -0.25) is 14.4 Å². The second kappa shape index (κ2) is 10.9. The molecule has 0 heterocycles. The number of halogens is 1. The van der Waals surface area contributed by atoms with E-state index in [4.69, 9.17) is 25.6 Å². The largest absolute Gasteiger partial charge is 0.496 e. The van der Waals surface area contributed by atoms with Crippen LogP contribution in [-0.2, 0) is 0 Å². The van der Waals surface area contributed by atoms with Crippen molar-refractivity contribution >= 4 is 29.2 Å². The fraction of sp³-hybridized carbons (Fsp3) is 0.0690. The molecule has 0 saturated heterocycles. The summed E-state index contributed by atoms with van der Waals surface area (Å²) in [6, 6.07) is 24.2. The Morgan fingerprint density at radius 3 is 1.31 bits per heavy atom. The van der Waals surface area contributed by atoms with E-state index in [1.165, 1.54) is 38.5 Å². The van der Waals surface area contributed by atoms with Gasteiger partial charge in [-0.2, -0.15) is 0 Å². The van der Waals surface area contributed by atoms with Gasteiger partial charge in [0.15, 0.2) is 23.1 Å². The molecule has 6 nitrogen and oxygen atoms in total. The fourth-order valence-electron chi connectivity index (χ4n) is 3.99. The topological polar surface area (TPSA) is 78.9 Å². The van der Waals surface area contributed by atoms with Crippen molar-refractivity contribution in [2.75, 3.05) is 14.2 Å². The van der Waals surface area contributed by atoms with E-state index in [0.29, 0.717) is 11.5 Å². The zero-order chi connectivity index (χ0) is 25.7. The van der Waals surface area contributed by atoms with E-state index in [-0.39, 0.29) is 39.1 Å². The molecule has 4 rings (SSSR count). The van der Waals surface area contributed by atoms with E-state index in [0.717, 1.165) is 0 Å². The standard InChI is InChI=1S/C29H21ClO6/c1-34-23-15-6-3-10-18(23)27(31)21-13-9-14-22(28(32)20-12-5-8-17-25(20)36-30)26(21)29(33)19-11-4-7-16-24(19)35-2/h3-17H,1-2H3. The molecule has 0 aliphatic rings. The fourth-order valence-corrected chi connectivity index (χ4v) is 4.12. The third-order valence-corrected chi connectivity index (χ3v) is 5.87. The lowest BCUT2D eigenvalue weighted by Crippen LogP contribution is -2.18. The second-order valence-electron chi connectivity index (χ2n) is 7.69. The quantitative estimate of drug-likeness (QED) is 0.265. The van der Waals surface area contributed by atoms with Gasteiger partial charge in [-0.15, -0.1) is 0 Å². The van der Waals surface area contributed by atoms with Crippen molar-refractivity contribution in [1.82, 2.24) is 0 Å². The molecule has 0 atom stereocenters. The van der Waals surface area contributed by atoms with Crippen LogP contribution in [0.2, 0.25) is 0 Å². The second-order valence-corrected chi connectivity index (χ2v) is 7.84. The van der Waals surface area contributed by atoms with Gasteiger partial charge in [0.1, 0.15) is 23.4 Å². The van der Waals surface area contributed by atoms with Crippen LogP contribution in [0.5, 0.6) is 17.2 Å². The van der Waals surface area contributed by atoms with Gasteiger partial charge in [0.25, 0.3) is 0 Å². The highest BCUT2D eigenvalue weighted by Crippen LogP contribution is 2.31. The summed E-state index contributed by atoms with van der Waals surface area (Å²) in [4.78, 5) is 41.4. The first-order chi connectivity index (χ1) is 17.5. The van der Waals surface area contributed by atoms with Crippen LogP contribution in [0.25, 0.3) is 0 Å². The Morgan fingerprint density at radius 2 is 0.861 bits per heavy atom. The van der Waals surface area contributed by atoms with Gasteiger partial charge in [-0.25, -0.2) is 0 Å². The van der Waals surface area contributed by atoms with Crippen LogP contribution in [-0.4, -0.2) is 31.6 Å². The van der Waals surface area contributed by atoms with Gasteiger partial charge in [0, 0.05) is 16.7 Å². The van der Waals surface area contributed by atoms with E-state index in [1.807, 2.05) is 0 Å². The molecule has 4 aromatic rings. The van der Waals surface area contributed by atoms with Crippen molar-refractivity contribution in [2.45, 2.75) is 0 Å². The Balaban J connectivity index is 1.98. The van der Waals surface area contributed by atoms with Gasteiger partial charge < -0.3 is 13.8 Å². The van der Waals surface area contributed by atoms with Crippen molar-refractivity contribution in [1.29, 1.82) is 0 Å². The van der Waals surface area contributed by atoms with Crippen molar-refractivity contribution in [2.24, 2.45) is 0 Å². The molecule has 4 aromatic carbocycles. The van der Waals surface area contributed by atoms with E-state index < -0.39 is 17.3 Å². The minimum Gasteiger partial charge on any atom is -0.496 e. The highest BCUT2D eigenvalue weighted by atomic mass is 35.5. The van der Waals surface area contributed by atoms with Gasteiger partial charge in [0.05, 0.1) is 30.9 Å². The molecule has 0 unspecified atom stereocenters. The molecule has 0 spiro atoms. The van der Waals surface area contributed by atoms with E-state index in [2.05, 4.69) is 0 Å². The number of hydrogen-bond donors (Lipinski definition) is 0. The summed E-state index contributed by atoms with van der Waals surface area (Å²) in [5.74, 6) is -0.762. The zero-order valence-electron chi connectivity index (χ0n) is 19.5. The zero-order valence-corrected chi connectivity index (χ0v) is 20.2. The lowest BCUT2D eigenvalue weighted by molar-refractivity contribution is 0.0988. The third-order valence-electron chi connectivity index (χ3n) is 5.70. The average molecular weight is 501 g/mol. The van der Waals surface area contributed by atoms with Crippen molar-refractivity contribution in [3.63, 3.8) is 0 Å². The molecule has 0 bridgehead atoms. The third kappa shape index (κ3) is 4.59. The summed E-state index contributed by atoms with van der Waals surface area (Å²) in [6.07, 6.45) is 0. The molecule has 0 aromatic heterocycles. The van der Waals surface area contributed by atoms with Gasteiger partial charge in [0.2, 0.25) is 0 Å². The first kappa shape index (κ1) is 24.7. The van der Waals surface area contributed by atoms with E-state index in [1.54, 1.807) is 66.7 Å². The minimum atomic E-state index is -0.543. The highest BCUT2D eigenvalue weighted by molar-refractivity contribution is 6.26. The summed E-state index contributed by atoms with van der Waals surface area (Å²) >= 11 is 5.59. The number of rotatable bonds is 9. The van der Waals surface area contributed by atoms with Crippen LogP contribution >= 0.6 is 11.9 Å². The van der Waals surface area contributed by atoms with Gasteiger partial charge in [-0.05, 0) is 36.4 Å². The van der Waals surface area contributed by atoms with Crippen molar-refractivity contribution in [3.8, 4) is 17.2 Å². The summed E-state index contributed by atoms with van der Waals surface area (Å²) < 4.78 is 15.6. The van der Waals surface area contributed by atoms with E-state index in [9.17, 15) is 14.4 Å². The molecular formula is C29H21ClO6. The van der Waals surface area contributed by atoms with Crippen LogP contribution in [0.4, 0.5) is 0 Å². The number of ketones is 3. The van der Waals surface area contributed by atoms with Crippen LogP contribution in [0.1, 0.15) is 47.8 Å². The number of benzene rings is 4. The lowest BCUT2D eigenvalue weighted by Gasteiger charge is -2.16. The average Bonchev–Trinajstić information content (AvgIpc) is 2.95. The molecule has 0 saturated carbocycles. The molecule has 0 aliphatic carbocycles. The highest BCUT2D eigenvalue weighted by Gasteiger charge is 2.29. The normalized spacial score (nSPS) is 10.4. The molecule has 7 heteroatoms. The molecule has 0 fully saturated rings.